The second-order valence-corrected chi connectivity index (χ2v) is 16.5. The molecule has 1 amide bonds. The normalized spacial score (nSPS) is 13.2. The molecule has 54 heavy (non-hydrogen) atoms. The van der Waals surface area contributed by atoms with Crippen LogP contribution in [0.1, 0.15) is 258 Å². The van der Waals surface area contributed by atoms with E-state index in [0.717, 1.165) is 38.5 Å². The maximum atomic E-state index is 12.4. The Kier molecular flexibility index (Phi) is 44.8. The van der Waals surface area contributed by atoms with Gasteiger partial charge in [0.1, 0.15) is 0 Å². The lowest BCUT2D eigenvalue weighted by atomic mass is 10.0. The van der Waals surface area contributed by atoms with Crippen molar-refractivity contribution in [3.8, 4) is 0 Å². The standard InChI is InChI=1S/C50H95NO3/c1-3-5-7-9-11-13-15-17-19-21-23-25-27-29-31-33-35-37-39-41-43-45-49(53)48(47-52)51-50(54)46-44-42-40-38-36-34-32-30-28-26-24-22-20-18-16-14-12-10-8-6-4-2/h6,8,12,14,43,45,48-49,52-53H,3-5,7,9-11,13,15-42,44,46-47H2,1-2H3,(H,51,54)/b8-6-,14-12-,45-43+. The van der Waals surface area contributed by atoms with Crippen LogP contribution in [-0.2, 0) is 4.79 Å². The van der Waals surface area contributed by atoms with Gasteiger partial charge in [0.25, 0.3) is 0 Å². The third-order valence-corrected chi connectivity index (χ3v) is 11.1. The molecule has 0 saturated carbocycles. The Morgan fingerprint density at radius 2 is 0.815 bits per heavy atom. The van der Waals surface area contributed by atoms with Gasteiger partial charge in [-0.2, -0.15) is 0 Å². The highest BCUT2D eigenvalue weighted by molar-refractivity contribution is 5.76. The zero-order chi connectivity index (χ0) is 39.3. The molecule has 0 aliphatic heterocycles. The van der Waals surface area contributed by atoms with Crippen molar-refractivity contribution in [1.82, 2.24) is 5.32 Å². The maximum absolute atomic E-state index is 12.4. The van der Waals surface area contributed by atoms with E-state index in [-0.39, 0.29) is 12.5 Å². The Morgan fingerprint density at radius 1 is 0.463 bits per heavy atom. The summed E-state index contributed by atoms with van der Waals surface area (Å²) in [6.07, 6.45) is 61.3. The first-order valence-electron chi connectivity index (χ1n) is 24.2. The molecule has 0 bridgehead atoms. The van der Waals surface area contributed by atoms with Crippen molar-refractivity contribution in [3.63, 3.8) is 0 Å². The van der Waals surface area contributed by atoms with Crippen LogP contribution in [0.2, 0.25) is 0 Å². The van der Waals surface area contributed by atoms with Gasteiger partial charge in [-0.3, -0.25) is 4.79 Å². The van der Waals surface area contributed by atoms with Gasteiger partial charge in [0.05, 0.1) is 18.8 Å². The van der Waals surface area contributed by atoms with E-state index in [1.807, 2.05) is 6.08 Å². The minimum Gasteiger partial charge on any atom is -0.394 e. The van der Waals surface area contributed by atoms with Gasteiger partial charge >= 0.3 is 0 Å². The number of aliphatic hydroxyl groups is 2. The molecule has 0 aliphatic carbocycles. The molecule has 0 radical (unpaired) electrons. The molecule has 3 N–H and O–H groups in total. The van der Waals surface area contributed by atoms with Crippen molar-refractivity contribution in [2.75, 3.05) is 6.61 Å². The van der Waals surface area contributed by atoms with E-state index in [4.69, 9.17) is 0 Å². The Balaban J connectivity index is 3.51. The zero-order valence-corrected chi connectivity index (χ0v) is 36.5. The molecule has 0 aromatic heterocycles. The Bertz CT molecular complexity index is 821. The number of nitrogens with one attached hydrogen (secondary N) is 1. The van der Waals surface area contributed by atoms with E-state index in [2.05, 4.69) is 43.5 Å². The number of allylic oxidation sites excluding steroid dienone is 5. The van der Waals surface area contributed by atoms with Crippen LogP contribution in [0, 0.1) is 0 Å². The summed E-state index contributed by atoms with van der Waals surface area (Å²) < 4.78 is 0. The zero-order valence-electron chi connectivity index (χ0n) is 36.5. The molecule has 0 saturated heterocycles. The van der Waals surface area contributed by atoms with Crippen molar-refractivity contribution in [3.05, 3.63) is 36.5 Å². The predicted octanol–water partition coefficient (Wildman–Crippen LogP) is 15.4. The van der Waals surface area contributed by atoms with E-state index in [1.54, 1.807) is 6.08 Å². The van der Waals surface area contributed by atoms with Crippen LogP contribution in [0.15, 0.2) is 36.5 Å². The molecule has 0 spiro atoms. The van der Waals surface area contributed by atoms with Gasteiger partial charge in [-0.05, 0) is 44.9 Å². The van der Waals surface area contributed by atoms with Gasteiger partial charge in [-0.1, -0.05) is 243 Å². The number of amides is 1. The molecular formula is C50H95NO3. The average molecular weight is 758 g/mol. The molecule has 4 nitrogen and oxygen atoms in total. The fourth-order valence-corrected chi connectivity index (χ4v) is 7.45. The topological polar surface area (TPSA) is 69.6 Å². The Morgan fingerprint density at radius 3 is 1.20 bits per heavy atom. The highest BCUT2D eigenvalue weighted by atomic mass is 16.3. The number of unbranched alkanes of at least 4 members (excludes halogenated alkanes) is 33. The SMILES string of the molecule is CC/C=C\C/C=C\CCCCCCCCCCCCCCCCC(=O)NC(CO)C(O)/C=C/CCCCCCCCCCCCCCCCCCCCC. The van der Waals surface area contributed by atoms with E-state index < -0.39 is 12.1 Å². The van der Waals surface area contributed by atoms with Crippen molar-refractivity contribution in [2.24, 2.45) is 0 Å². The lowest BCUT2D eigenvalue weighted by Gasteiger charge is -2.20. The molecular weight excluding hydrogens is 663 g/mol. The summed E-state index contributed by atoms with van der Waals surface area (Å²) in [5.74, 6) is -0.0624. The first-order valence-corrected chi connectivity index (χ1v) is 24.2. The summed E-state index contributed by atoms with van der Waals surface area (Å²) in [5, 5.41) is 23.1. The quantitative estimate of drug-likeness (QED) is 0.0428. The van der Waals surface area contributed by atoms with E-state index in [0.29, 0.717) is 6.42 Å². The number of hydrogen-bond acceptors (Lipinski definition) is 3. The fourth-order valence-electron chi connectivity index (χ4n) is 7.45. The Hall–Kier alpha value is -1.39. The van der Waals surface area contributed by atoms with Crippen molar-refractivity contribution in [2.45, 2.75) is 270 Å². The maximum Gasteiger partial charge on any atom is 0.220 e. The van der Waals surface area contributed by atoms with Crippen LogP contribution in [0.25, 0.3) is 0 Å². The van der Waals surface area contributed by atoms with Crippen LogP contribution in [0.5, 0.6) is 0 Å². The van der Waals surface area contributed by atoms with Gasteiger partial charge in [0.15, 0.2) is 0 Å². The predicted molar refractivity (Wildman–Crippen MR) is 239 cm³/mol. The van der Waals surface area contributed by atoms with Crippen LogP contribution in [-0.4, -0.2) is 34.9 Å². The summed E-state index contributed by atoms with van der Waals surface area (Å²) in [4.78, 5) is 12.4. The third kappa shape index (κ3) is 41.8. The van der Waals surface area contributed by atoms with Gasteiger partial charge in [-0.15, -0.1) is 0 Å². The fraction of sp³-hybridized carbons (Fsp3) is 0.860. The number of hydrogen-bond donors (Lipinski definition) is 3. The number of aliphatic hydroxyl groups excluding tert-OH is 2. The molecule has 0 fully saturated rings. The average Bonchev–Trinajstić information content (AvgIpc) is 3.18. The van der Waals surface area contributed by atoms with Gasteiger partial charge < -0.3 is 15.5 Å². The van der Waals surface area contributed by atoms with Crippen molar-refractivity contribution in [1.29, 1.82) is 0 Å². The minimum absolute atomic E-state index is 0.0624. The molecule has 4 heteroatoms. The molecule has 0 aliphatic rings. The highest BCUT2D eigenvalue weighted by Crippen LogP contribution is 2.16. The molecule has 2 unspecified atom stereocenters. The lowest BCUT2D eigenvalue weighted by Crippen LogP contribution is -2.45. The third-order valence-electron chi connectivity index (χ3n) is 11.1. The Labute approximate surface area is 338 Å². The summed E-state index contributed by atoms with van der Waals surface area (Å²) in [6, 6.07) is -0.621. The van der Waals surface area contributed by atoms with E-state index in [1.165, 1.54) is 199 Å². The van der Waals surface area contributed by atoms with Crippen molar-refractivity contribution < 1.29 is 15.0 Å². The molecule has 0 aromatic carbocycles. The monoisotopic (exact) mass is 758 g/mol. The van der Waals surface area contributed by atoms with E-state index >= 15 is 0 Å². The molecule has 0 rings (SSSR count). The van der Waals surface area contributed by atoms with Crippen LogP contribution >= 0.6 is 0 Å². The van der Waals surface area contributed by atoms with Crippen LogP contribution in [0.3, 0.4) is 0 Å². The summed E-state index contributed by atoms with van der Waals surface area (Å²) in [7, 11) is 0. The number of carbonyl (C=O) groups is 1. The number of rotatable bonds is 44. The first-order chi connectivity index (χ1) is 26.7. The van der Waals surface area contributed by atoms with E-state index in [9.17, 15) is 15.0 Å². The highest BCUT2D eigenvalue weighted by Gasteiger charge is 2.18. The molecule has 0 heterocycles. The van der Waals surface area contributed by atoms with Gasteiger partial charge in [0, 0.05) is 6.42 Å². The second-order valence-electron chi connectivity index (χ2n) is 16.5. The largest absolute Gasteiger partial charge is 0.394 e. The van der Waals surface area contributed by atoms with Crippen LogP contribution < -0.4 is 5.32 Å². The van der Waals surface area contributed by atoms with Crippen LogP contribution in [0.4, 0.5) is 0 Å². The molecule has 2 atom stereocenters. The first kappa shape index (κ1) is 52.6. The second kappa shape index (κ2) is 46.0. The summed E-state index contributed by atoms with van der Waals surface area (Å²) >= 11 is 0. The minimum atomic E-state index is -0.838. The van der Waals surface area contributed by atoms with Gasteiger partial charge in [0.2, 0.25) is 5.91 Å². The lowest BCUT2D eigenvalue weighted by molar-refractivity contribution is -0.123. The molecule has 0 aromatic rings. The molecule has 318 valence electrons. The smallest absolute Gasteiger partial charge is 0.220 e. The summed E-state index contributed by atoms with van der Waals surface area (Å²) in [6.45, 7) is 4.23. The number of carbonyl (C=O) groups excluding carboxylic acids is 1. The summed E-state index contributed by atoms with van der Waals surface area (Å²) in [5.41, 5.74) is 0. The van der Waals surface area contributed by atoms with Gasteiger partial charge in [-0.25, -0.2) is 0 Å². The van der Waals surface area contributed by atoms with Crippen molar-refractivity contribution >= 4 is 5.91 Å².